The van der Waals surface area contributed by atoms with Crippen LogP contribution in [0.4, 0.5) is 5.69 Å². The van der Waals surface area contributed by atoms with E-state index in [9.17, 15) is 14.9 Å². The van der Waals surface area contributed by atoms with E-state index in [1.54, 1.807) is 7.05 Å². The standard InChI is InChI=1S/C11H10N4O4/c1-14-11(12-7-13-14)6-19-10-3-2-8(5-16)4-9(10)15(17)18/h2-5,7H,6H2,1H3. The Labute approximate surface area is 107 Å². The van der Waals surface area contributed by atoms with E-state index < -0.39 is 4.92 Å². The summed E-state index contributed by atoms with van der Waals surface area (Å²) in [6.07, 6.45) is 1.90. The molecule has 0 aliphatic carbocycles. The zero-order valence-corrected chi connectivity index (χ0v) is 10.0. The van der Waals surface area contributed by atoms with Gasteiger partial charge in [0.15, 0.2) is 11.6 Å². The maximum absolute atomic E-state index is 10.9. The third-order valence-electron chi connectivity index (χ3n) is 2.48. The molecule has 0 bridgehead atoms. The molecule has 1 aromatic heterocycles. The highest BCUT2D eigenvalue weighted by molar-refractivity contribution is 5.77. The van der Waals surface area contributed by atoms with Gasteiger partial charge >= 0.3 is 5.69 Å². The summed E-state index contributed by atoms with van der Waals surface area (Å²) in [5.74, 6) is 0.618. The number of ether oxygens (including phenoxy) is 1. The molecule has 2 aromatic rings. The van der Waals surface area contributed by atoms with Crippen LogP contribution < -0.4 is 4.74 Å². The number of nitro groups is 1. The molecule has 0 fully saturated rings. The summed E-state index contributed by atoms with van der Waals surface area (Å²) >= 11 is 0. The number of aldehydes is 1. The van der Waals surface area contributed by atoms with Crippen molar-refractivity contribution in [1.29, 1.82) is 0 Å². The Kier molecular flexibility index (Phi) is 3.51. The first-order chi connectivity index (χ1) is 9.11. The van der Waals surface area contributed by atoms with Crippen molar-refractivity contribution in [1.82, 2.24) is 14.8 Å². The van der Waals surface area contributed by atoms with E-state index >= 15 is 0 Å². The molecule has 8 nitrogen and oxygen atoms in total. The fourth-order valence-corrected chi connectivity index (χ4v) is 1.47. The third-order valence-corrected chi connectivity index (χ3v) is 2.48. The highest BCUT2D eigenvalue weighted by Crippen LogP contribution is 2.28. The number of rotatable bonds is 5. The lowest BCUT2D eigenvalue weighted by atomic mass is 10.2. The van der Waals surface area contributed by atoms with Crippen molar-refractivity contribution in [2.45, 2.75) is 6.61 Å². The van der Waals surface area contributed by atoms with Crippen molar-refractivity contribution in [3.8, 4) is 5.75 Å². The molecular formula is C11H10N4O4. The van der Waals surface area contributed by atoms with Gasteiger partial charge in [-0.25, -0.2) is 4.98 Å². The van der Waals surface area contributed by atoms with Crippen LogP contribution in [0.5, 0.6) is 5.75 Å². The molecule has 8 heteroatoms. The summed E-state index contributed by atoms with van der Waals surface area (Å²) in [5, 5.41) is 14.8. The largest absolute Gasteiger partial charge is 0.479 e. The molecule has 1 aromatic carbocycles. The molecule has 0 saturated carbocycles. The Hall–Kier alpha value is -2.77. The zero-order valence-electron chi connectivity index (χ0n) is 10.0. The van der Waals surface area contributed by atoms with Crippen LogP contribution in [0.25, 0.3) is 0 Å². The summed E-state index contributed by atoms with van der Waals surface area (Å²) in [7, 11) is 1.69. The monoisotopic (exact) mass is 262 g/mol. The van der Waals surface area contributed by atoms with E-state index in [-0.39, 0.29) is 23.6 Å². The van der Waals surface area contributed by atoms with Crippen LogP contribution in [0.15, 0.2) is 24.5 Å². The molecule has 0 aliphatic heterocycles. The quantitative estimate of drug-likeness (QED) is 0.454. The highest BCUT2D eigenvalue weighted by atomic mass is 16.6. The second-order valence-electron chi connectivity index (χ2n) is 3.69. The molecule has 0 unspecified atom stereocenters. The van der Waals surface area contributed by atoms with Gasteiger partial charge < -0.3 is 4.74 Å². The van der Waals surface area contributed by atoms with Gasteiger partial charge in [0.2, 0.25) is 0 Å². The van der Waals surface area contributed by atoms with Crippen LogP contribution in [0.2, 0.25) is 0 Å². The number of carbonyl (C=O) groups is 1. The maximum Gasteiger partial charge on any atom is 0.311 e. The molecule has 0 N–H and O–H groups in total. The first-order valence-electron chi connectivity index (χ1n) is 5.31. The number of hydrogen-bond acceptors (Lipinski definition) is 6. The third kappa shape index (κ3) is 2.73. The second kappa shape index (κ2) is 5.25. The summed E-state index contributed by atoms with van der Waals surface area (Å²) < 4.78 is 6.85. The molecule has 0 atom stereocenters. The van der Waals surface area contributed by atoms with Crippen molar-refractivity contribution in [2.75, 3.05) is 0 Å². The molecule has 98 valence electrons. The Morgan fingerprint density at radius 1 is 1.53 bits per heavy atom. The van der Waals surface area contributed by atoms with Gasteiger partial charge in [0.1, 0.15) is 19.2 Å². The van der Waals surface area contributed by atoms with E-state index in [2.05, 4.69) is 10.1 Å². The van der Waals surface area contributed by atoms with Crippen molar-refractivity contribution < 1.29 is 14.5 Å². The number of carbonyl (C=O) groups excluding carboxylic acids is 1. The minimum absolute atomic E-state index is 0.0533. The minimum atomic E-state index is -0.598. The fraction of sp³-hybridized carbons (Fsp3) is 0.182. The highest BCUT2D eigenvalue weighted by Gasteiger charge is 2.16. The van der Waals surface area contributed by atoms with Crippen LogP contribution >= 0.6 is 0 Å². The van der Waals surface area contributed by atoms with Gasteiger partial charge in [-0.3, -0.25) is 19.6 Å². The number of nitrogens with zero attached hydrogens (tertiary/aromatic N) is 4. The Bertz CT molecular complexity index is 623. The summed E-state index contributed by atoms with van der Waals surface area (Å²) in [5.41, 5.74) is -0.0375. The minimum Gasteiger partial charge on any atom is -0.479 e. The van der Waals surface area contributed by atoms with Gasteiger partial charge in [0, 0.05) is 18.7 Å². The van der Waals surface area contributed by atoms with Crippen molar-refractivity contribution >= 4 is 12.0 Å². The van der Waals surface area contributed by atoms with Crippen LogP contribution in [0.3, 0.4) is 0 Å². The Morgan fingerprint density at radius 2 is 2.32 bits per heavy atom. The van der Waals surface area contributed by atoms with Crippen molar-refractivity contribution in [3.05, 3.63) is 46.0 Å². The van der Waals surface area contributed by atoms with E-state index in [4.69, 9.17) is 4.74 Å². The van der Waals surface area contributed by atoms with Gasteiger partial charge in [-0.05, 0) is 12.1 Å². The molecular weight excluding hydrogens is 252 g/mol. The molecule has 0 radical (unpaired) electrons. The lowest BCUT2D eigenvalue weighted by Gasteiger charge is -2.06. The number of aromatic nitrogens is 3. The first-order valence-corrected chi connectivity index (χ1v) is 5.31. The van der Waals surface area contributed by atoms with Gasteiger partial charge in [-0.1, -0.05) is 0 Å². The summed E-state index contributed by atoms with van der Waals surface area (Å²) in [6.45, 7) is 0.0533. The average Bonchev–Trinajstić information content (AvgIpc) is 2.81. The van der Waals surface area contributed by atoms with Crippen LogP contribution in [-0.4, -0.2) is 26.0 Å². The van der Waals surface area contributed by atoms with E-state index in [0.717, 1.165) is 0 Å². The fourth-order valence-electron chi connectivity index (χ4n) is 1.47. The lowest BCUT2D eigenvalue weighted by molar-refractivity contribution is -0.386. The molecule has 19 heavy (non-hydrogen) atoms. The summed E-state index contributed by atoms with van der Waals surface area (Å²) in [6, 6.07) is 4.00. The lowest BCUT2D eigenvalue weighted by Crippen LogP contribution is -2.05. The second-order valence-corrected chi connectivity index (χ2v) is 3.69. The van der Waals surface area contributed by atoms with E-state index in [0.29, 0.717) is 12.1 Å². The van der Waals surface area contributed by atoms with E-state index in [1.165, 1.54) is 29.2 Å². The topological polar surface area (TPSA) is 100 Å². The molecule has 0 amide bonds. The van der Waals surface area contributed by atoms with Crippen LogP contribution in [0.1, 0.15) is 16.2 Å². The Balaban J connectivity index is 2.22. The molecule has 0 aliphatic rings. The van der Waals surface area contributed by atoms with Gasteiger partial charge in [0.25, 0.3) is 0 Å². The van der Waals surface area contributed by atoms with Gasteiger partial charge in [-0.2, -0.15) is 5.10 Å². The smallest absolute Gasteiger partial charge is 0.311 e. The van der Waals surface area contributed by atoms with Crippen LogP contribution in [-0.2, 0) is 13.7 Å². The van der Waals surface area contributed by atoms with E-state index in [1.807, 2.05) is 0 Å². The zero-order chi connectivity index (χ0) is 13.8. The van der Waals surface area contributed by atoms with Crippen LogP contribution in [0, 0.1) is 10.1 Å². The molecule has 0 saturated heterocycles. The van der Waals surface area contributed by atoms with Gasteiger partial charge in [-0.15, -0.1) is 0 Å². The number of benzene rings is 1. The predicted octanol–water partition coefficient (Wildman–Crippen LogP) is 1.11. The molecule has 0 spiro atoms. The maximum atomic E-state index is 10.9. The predicted molar refractivity (Wildman–Crippen MR) is 63.8 cm³/mol. The summed E-state index contributed by atoms with van der Waals surface area (Å²) in [4.78, 5) is 24.8. The van der Waals surface area contributed by atoms with Crippen molar-refractivity contribution in [2.24, 2.45) is 7.05 Å². The number of hydrogen-bond donors (Lipinski definition) is 0. The SMILES string of the molecule is Cn1ncnc1COc1ccc(C=O)cc1[N+](=O)[O-]. The van der Waals surface area contributed by atoms with Gasteiger partial charge in [0.05, 0.1) is 4.92 Å². The average molecular weight is 262 g/mol. The molecule has 2 rings (SSSR count). The molecule has 1 heterocycles. The first kappa shape index (κ1) is 12.7. The number of aryl methyl sites for hydroxylation is 1. The Morgan fingerprint density at radius 3 is 2.89 bits per heavy atom. The number of nitro benzene ring substituents is 1. The van der Waals surface area contributed by atoms with Crippen molar-refractivity contribution in [3.63, 3.8) is 0 Å². The normalized spacial score (nSPS) is 10.2.